The van der Waals surface area contributed by atoms with Gasteiger partial charge >= 0.3 is 0 Å². The summed E-state index contributed by atoms with van der Waals surface area (Å²) in [5.41, 5.74) is 4.34. The molecule has 3 N–H and O–H groups in total. The first-order chi connectivity index (χ1) is 10.4. The molecule has 116 valence electrons. The first-order valence-corrected chi connectivity index (χ1v) is 8.16. The van der Waals surface area contributed by atoms with Gasteiger partial charge in [0.25, 0.3) is 0 Å². The van der Waals surface area contributed by atoms with Crippen LogP contribution >= 0.6 is 0 Å². The van der Waals surface area contributed by atoms with E-state index in [9.17, 15) is 0 Å². The SMILES string of the molecule is NNC(CCC1CCCO1)CC1CCOc2ccccc21. The van der Waals surface area contributed by atoms with E-state index in [0.717, 1.165) is 44.6 Å². The van der Waals surface area contributed by atoms with E-state index < -0.39 is 0 Å². The average molecular weight is 290 g/mol. The molecule has 0 spiro atoms. The zero-order valence-electron chi connectivity index (χ0n) is 12.6. The van der Waals surface area contributed by atoms with E-state index in [1.54, 1.807) is 0 Å². The summed E-state index contributed by atoms with van der Waals surface area (Å²) in [6, 6.07) is 8.74. The summed E-state index contributed by atoms with van der Waals surface area (Å²) < 4.78 is 11.4. The van der Waals surface area contributed by atoms with E-state index in [0.29, 0.717) is 18.1 Å². The van der Waals surface area contributed by atoms with Crippen LogP contribution in [0.25, 0.3) is 0 Å². The highest BCUT2D eigenvalue weighted by Gasteiger charge is 2.25. The molecule has 0 aromatic heterocycles. The van der Waals surface area contributed by atoms with Crippen molar-refractivity contribution in [3.05, 3.63) is 29.8 Å². The van der Waals surface area contributed by atoms with Crippen LogP contribution in [0.2, 0.25) is 0 Å². The molecule has 3 unspecified atom stereocenters. The maximum atomic E-state index is 5.77. The van der Waals surface area contributed by atoms with Crippen LogP contribution in [0.15, 0.2) is 24.3 Å². The van der Waals surface area contributed by atoms with E-state index in [2.05, 4.69) is 23.6 Å². The van der Waals surface area contributed by atoms with Crippen LogP contribution in [-0.2, 0) is 4.74 Å². The Kier molecular flexibility index (Phi) is 5.12. The average Bonchev–Trinajstić information content (AvgIpc) is 3.05. The number of nitrogens with one attached hydrogen (secondary N) is 1. The topological polar surface area (TPSA) is 56.5 Å². The zero-order valence-corrected chi connectivity index (χ0v) is 12.6. The number of hydrazine groups is 1. The van der Waals surface area contributed by atoms with Crippen molar-refractivity contribution in [2.75, 3.05) is 13.2 Å². The van der Waals surface area contributed by atoms with Crippen LogP contribution in [0.1, 0.15) is 50.0 Å². The van der Waals surface area contributed by atoms with Crippen LogP contribution in [0.4, 0.5) is 0 Å². The minimum Gasteiger partial charge on any atom is -0.493 e. The van der Waals surface area contributed by atoms with Crippen molar-refractivity contribution >= 4 is 0 Å². The predicted molar refractivity (Wildman–Crippen MR) is 83.2 cm³/mol. The fourth-order valence-electron chi connectivity index (χ4n) is 3.53. The van der Waals surface area contributed by atoms with Gasteiger partial charge in [0.2, 0.25) is 0 Å². The second-order valence-corrected chi connectivity index (χ2v) is 6.18. The Hall–Kier alpha value is -1.10. The first-order valence-electron chi connectivity index (χ1n) is 8.16. The quantitative estimate of drug-likeness (QED) is 0.625. The fourth-order valence-corrected chi connectivity index (χ4v) is 3.53. The molecular weight excluding hydrogens is 264 g/mol. The smallest absolute Gasteiger partial charge is 0.122 e. The third-order valence-corrected chi connectivity index (χ3v) is 4.75. The molecule has 0 radical (unpaired) electrons. The molecular formula is C17H26N2O2. The maximum absolute atomic E-state index is 5.77. The number of hydrogen-bond donors (Lipinski definition) is 2. The van der Waals surface area contributed by atoms with Crippen LogP contribution in [0.5, 0.6) is 5.75 Å². The van der Waals surface area contributed by atoms with Gasteiger partial charge in [0, 0.05) is 12.6 Å². The maximum Gasteiger partial charge on any atom is 0.122 e. The summed E-state index contributed by atoms with van der Waals surface area (Å²) >= 11 is 0. The Bertz CT molecular complexity index is 446. The second-order valence-electron chi connectivity index (χ2n) is 6.18. The lowest BCUT2D eigenvalue weighted by molar-refractivity contribution is 0.0987. The summed E-state index contributed by atoms with van der Waals surface area (Å²) in [6.45, 7) is 1.74. The van der Waals surface area contributed by atoms with E-state index >= 15 is 0 Å². The molecule has 0 bridgehead atoms. The monoisotopic (exact) mass is 290 g/mol. The van der Waals surface area contributed by atoms with Gasteiger partial charge in [0.05, 0.1) is 12.7 Å². The third-order valence-electron chi connectivity index (χ3n) is 4.75. The molecule has 4 nitrogen and oxygen atoms in total. The van der Waals surface area contributed by atoms with E-state index in [1.165, 1.54) is 18.4 Å². The number of ether oxygens (including phenoxy) is 2. The van der Waals surface area contributed by atoms with Crippen molar-refractivity contribution in [3.8, 4) is 5.75 Å². The molecule has 4 heteroatoms. The van der Waals surface area contributed by atoms with E-state index in [-0.39, 0.29) is 0 Å². The molecule has 1 fully saturated rings. The second kappa shape index (κ2) is 7.25. The van der Waals surface area contributed by atoms with Crippen LogP contribution in [0.3, 0.4) is 0 Å². The minimum atomic E-state index is 0.352. The lowest BCUT2D eigenvalue weighted by atomic mass is 9.86. The Morgan fingerprint density at radius 2 is 2.14 bits per heavy atom. The molecule has 3 rings (SSSR count). The van der Waals surface area contributed by atoms with Crippen molar-refractivity contribution in [1.29, 1.82) is 0 Å². The number of rotatable bonds is 6. The summed E-state index contributed by atoms with van der Waals surface area (Å²) in [4.78, 5) is 0. The van der Waals surface area contributed by atoms with Crippen molar-refractivity contribution in [2.24, 2.45) is 5.84 Å². The molecule has 3 atom stereocenters. The molecule has 1 aromatic carbocycles. The van der Waals surface area contributed by atoms with Crippen LogP contribution < -0.4 is 16.0 Å². The third kappa shape index (κ3) is 3.76. The number of nitrogens with two attached hydrogens (primary N) is 1. The standard InChI is InChI=1S/C17H26N2O2/c18-19-14(7-8-15-4-3-10-20-15)12-13-9-11-21-17-6-2-1-5-16(13)17/h1-2,5-6,13-15,19H,3-4,7-12,18H2. The van der Waals surface area contributed by atoms with Crippen molar-refractivity contribution in [1.82, 2.24) is 5.43 Å². The van der Waals surface area contributed by atoms with Gasteiger partial charge in [-0.1, -0.05) is 18.2 Å². The normalized spacial score (nSPS) is 26.1. The van der Waals surface area contributed by atoms with Crippen molar-refractivity contribution in [3.63, 3.8) is 0 Å². The summed E-state index contributed by atoms with van der Waals surface area (Å²) in [6.07, 6.45) is 7.21. The Morgan fingerprint density at radius 3 is 2.95 bits per heavy atom. The van der Waals surface area contributed by atoms with Gasteiger partial charge in [-0.2, -0.15) is 0 Å². The van der Waals surface area contributed by atoms with Crippen molar-refractivity contribution in [2.45, 2.75) is 56.6 Å². The fraction of sp³-hybridized carbons (Fsp3) is 0.647. The molecule has 21 heavy (non-hydrogen) atoms. The molecule has 2 aliphatic rings. The molecule has 1 aromatic rings. The molecule has 1 saturated heterocycles. The highest BCUT2D eigenvalue weighted by atomic mass is 16.5. The highest BCUT2D eigenvalue weighted by molar-refractivity contribution is 5.37. The molecule has 0 saturated carbocycles. The first kappa shape index (κ1) is 14.8. The highest BCUT2D eigenvalue weighted by Crippen LogP contribution is 2.36. The molecule has 2 heterocycles. The number of hydrogen-bond acceptors (Lipinski definition) is 4. The van der Waals surface area contributed by atoms with Gasteiger partial charge in [0.1, 0.15) is 5.75 Å². The number of fused-ring (bicyclic) bond motifs is 1. The van der Waals surface area contributed by atoms with Crippen LogP contribution in [-0.4, -0.2) is 25.4 Å². The summed E-state index contributed by atoms with van der Waals surface area (Å²) in [5.74, 6) is 7.36. The van der Waals surface area contributed by atoms with Gasteiger partial charge in [-0.25, -0.2) is 0 Å². The lowest BCUT2D eigenvalue weighted by Gasteiger charge is -2.29. The molecule has 2 aliphatic heterocycles. The zero-order chi connectivity index (χ0) is 14.5. The van der Waals surface area contributed by atoms with Gasteiger partial charge in [-0.05, 0) is 56.1 Å². The van der Waals surface area contributed by atoms with Crippen molar-refractivity contribution < 1.29 is 9.47 Å². The van der Waals surface area contributed by atoms with E-state index in [4.69, 9.17) is 15.3 Å². The minimum absolute atomic E-state index is 0.352. The molecule has 0 aliphatic carbocycles. The lowest BCUT2D eigenvalue weighted by Crippen LogP contribution is -2.37. The molecule has 0 amide bonds. The van der Waals surface area contributed by atoms with E-state index in [1.807, 2.05) is 6.07 Å². The van der Waals surface area contributed by atoms with Gasteiger partial charge < -0.3 is 9.47 Å². The van der Waals surface area contributed by atoms with Gasteiger partial charge in [-0.3, -0.25) is 11.3 Å². The largest absolute Gasteiger partial charge is 0.493 e. The predicted octanol–water partition coefficient (Wildman–Crippen LogP) is 2.73. The number of benzene rings is 1. The number of para-hydroxylation sites is 1. The van der Waals surface area contributed by atoms with Crippen LogP contribution in [0, 0.1) is 0 Å². The van der Waals surface area contributed by atoms with Gasteiger partial charge in [0.15, 0.2) is 0 Å². The van der Waals surface area contributed by atoms with Gasteiger partial charge in [-0.15, -0.1) is 0 Å². The Labute approximate surface area is 127 Å². The Balaban J connectivity index is 1.56. The summed E-state index contributed by atoms with van der Waals surface area (Å²) in [5, 5.41) is 0. The Morgan fingerprint density at radius 1 is 1.24 bits per heavy atom. The summed E-state index contributed by atoms with van der Waals surface area (Å²) in [7, 11) is 0.